The Morgan fingerprint density at radius 3 is 2.60 bits per heavy atom. The zero-order valence-corrected chi connectivity index (χ0v) is 12.2. The summed E-state index contributed by atoms with van der Waals surface area (Å²) in [6.07, 6.45) is 2.11. The van der Waals surface area contributed by atoms with Crippen LogP contribution in [-0.2, 0) is 0 Å². The smallest absolute Gasteiger partial charge is 0.289 e. The van der Waals surface area contributed by atoms with E-state index in [9.17, 15) is 4.79 Å². The van der Waals surface area contributed by atoms with Gasteiger partial charge in [0.2, 0.25) is 0 Å². The van der Waals surface area contributed by atoms with Gasteiger partial charge in [0.25, 0.3) is 5.91 Å². The van der Waals surface area contributed by atoms with Gasteiger partial charge in [-0.3, -0.25) is 4.79 Å². The van der Waals surface area contributed by atoms with Crippen LogP contribution in [0.25, 0.3) is 11.3 Å². The maximum atomic E-state index is 12.2. The van der Waals surface area contributed by atoms with Gasteiger partial charge in [0.15, 0.2) is 5.76 Å². The number of halogens is 2. The Morgan fingerprint density at radius 2 is 1.85 bits per heavy atom. The fourth-order valence-electron chi connectivity index (χ4n) is 2.37. The van der Waals surface area contributed by atoms with E-state index in [4.69, 9.17) is 27.6 Å². The van der Waals surface area contributed by atoms with Crippen LogP contribution in [0.1, 0.15) is 23.4 Å². The molecule has 0 spiro atoms. The van der Waals surface area contributed by atoms with Gasteiger partial charge in [-0.25, -0.2) is 0 Å². The Hall–Kier alpha value is -1.45. The maximum Gasteiger partial charge on any atom is 0.289 e. The molecule has 0 unspecified atom stereocenters. The van der Waals surface area contributed by atoms with Crippen LogP contribution in [0.2, 0.25) is 10.0 Å². The normalized spacial score (nSPS) is 14.8. The van der Waals surface area contributed by atoms with Gasteiger partial charge >= 0.3 is 0 Å². The molecule has 0 radical (unpaired) electrons. The fraction of sp³-hybridized carbons (Fsp3) is 0.267. The maximum absolute atomic E-state index is 12.2. The lowest BCUT2D eigenvalue weighted by molar-refractivity contribution is 0.0762. The Bertz CT molecular complexity index is 645. The van der Waals surface area contributed by atoms with Gasteiger partial charge in [0, 0.05) is 18.7 Å². The lowest BCUT2D eigenvalue weighted by Crippen LogP contribution is -2.27. The molecule has 3 rings (SSSR count). The first-order valence-electron chi connectivity index (χ1n) is 6.50. The van der Waals surface area contributed by atoms with E-state index in [1.165, 1.54) is 0 Å². The van der Waals surface area contributed by atoms with Gasteiger partial charge in [-0.15, -0.1) is 0 Å². The minimum absolute atomic E-state index is 0.0631. The minimum atomic E-state index is -0.0631. The van der Waals surface area contributed by atoms with Crippen molar-refractivity contribution < 1.29 is 9.21 Å². The number of hydrogen-bond acceptors (Lipinski definition) is 2. The molecule has 1 saturated heterocycles. The highest BCUT2D eigenvalue weighted by atomic mass is 35.5. The highest BCUT2D eigenvalue weighted by molar-refractivity contribution is 6.43. The van der Waals surface area contributed by atoms with Crippen molar-refractivity contribution in [2.75, 3.05) is 13.1 Å². The molecule has 1 aliphatic rings. The summed E-state index contributed by atoms with van der Waals surface area (Å²) >= 11 is 12.1. The number of carbonyl (C=O) groups is 1. The van der Waals surface area contributed by atoms with Crippen molar-refractivity contribution in [3.05, 3.63) is 46.1 Å². The van der Waals surface area contributed by atoms with Crippen LogP contribution in [0.4, 0.5) is 0 Å². The molecule has 1 fully saturated rings. The van der Waals surface area contributed by atoms with Gasteiger partial charge in [-0.2, -0.15) is 0 Å². The van der Waals surface area contributed by atoms with Gasteiger partial charge < -0.3 is 9.32 Å². The summed E-state index contributed by atoms with van der Waals surface area (Å²) in [6, 6.07) is 8.77. The number of nitrogens with zero attached hydrogens (tertiary/aromatic N) is 1. The van der Waals surface area contributed by atoms with Crippen molar-refractivity contribution in [2.45, 2.75) is 12.8 Å². The summed E-state index contributed by atoms with van der Waals surface area (Å²) in [6.45, 7) is 1.60. The van der Waals surface area contributed by atoms with Crippen molar-refractivity contribution in [1.82, 2.24) is 4.90 Å². The zero-order chi connectivity index (χ0) is 14.1. The predicted molar refractivity (Wildman–Crippen MR) is 79.3 cm³/mol. The Morgan fingerprint density at radius 1 is 1.10 bits per heavy atom. The van der Waals surface area contributed by atoms with Crippen molar-refractivity contribution >= 4 is 29.1 Å². The van der Waals surface area contributed by atoms with Gasteiger partial charge in [-0.05, 0) is 37.1 Å². The molecule has 1 aliphatic heterocycles. The topological polar surface area (TPSA) is 33.5 Å². The molecule has 1 aromatic carbocycles. The number of likely N-dealkylation sites (tertiary alicyclic amines) is 1. The van der Waals surface area contributed by atoms with Crippen LogP contribution >= 0.6 is 23.2 Å². The summed E-state index contributed by atoms with van der Waals surface area (Å²) in [5, 5.41) is 0.900. The van der Waals surface area contributed by atoms with E-state index in [-0.39, 0.29) is 5.91 Å². The Labute approximate surface area is 127 Å². The lowest BCUT2D eigenvalue weighted by Gasteiger charge is -2.12. The molecular weight excluding hydrogens is 297 g/mol. The van der Waals surface area contributed by atoms with Gasteiger partial charge in [0.05, 0.1) is 10.0 Å². The third-order valence-electron chi connectivity index (χ3n) is 3.43. The second-order valence-corrected chi connectivity index (χ2v) is 5.55. The SMILES string of the molecule is O=C(c1ccc(-c2cccc(Cl)c2Cl)o1)N1CCCC1. The van der Waals surface area contributed by atoms with Crippen molar-refractivity contribution in [3.63, 3.8) is 0 Å². The highest BCUT2D eigenvalue weighted by Crippen LogP contribution is 2.34. The van der Waals surface area contributed by atoms with Crippen LogP contribution in [-0.4, -0.2) is 23.9 Å². The molecule has 20 heavy (non-hydrogen) atoms. The van der Waals surface area contributed by atoms with Gasteiger partial charge in [-0.1, -0.05) is 29.3 Å². The molecule has 1 aromatic heterocycles. The third-order valence-corrected chi connectivity index (χ3v) is 4.25. The highest BCUT2D eigenvalue weighted by Gasteiger charge is 2.22. The summed E-state index contributed by atoms with van der Waals surface area (Å²) in [7, 11) is 0. The molecule has 0 bridgehead atoms. The second kappa shape index (κ2) is 5.51. The van der Waals surface area contributed by atoms with E-state index in [0.29, 0.717) is 27.1 Å². The fourth-order valence-corrected chi connectivity index (χ4v) is 2.76. The summed E-state index contributed by atoms with van der Waals surface area (Å²) in [5.74, 6) is 0.838. The molecule has 2 aromatic rings. The molecule has 0 atom stereocenters. The van der Waals surface area contributed by atoms with Crippen LogP contribution in [0.3, 0.4) is 0 Å². The number of furan rings is 1. The van der Waals surface area contributed by atoms with Crippen molar-refractivity contribution in [3.8, 4) is 11.3 Å². The average Bonchev–Trinajstić information content (AvgIpc) is 3.11. The minimum Gasteiger partial charge on any atom is -0.451 e. The molecule has 2 heterocycles. The molecule has 0 aliphatic carbocycles. The number of amides is 1. The summed E-state index contributed by atoms with van der Waals surface area (Å²) < 4.78 is 5.65. The standard InChI is InChI=1S/C15H13Cl2NO2/c16-11-5-3-4-10(14(11)17)12-6-7-13(20-12)15(19)18-8-1-2-9-18/h3-7H,1-2,8-9H2. The van der Waals surface area contributed by atoms with E-state index in [2.05, 4.69) is 0 Å². The van der Waals surface area contributed by atoms with Crippen molar-refractivity contribution in [1.29, 1.82) is 0 Å². The van der Waals surface area contributed by atoms with Crippen LogP contribution < -0.4 is 0 Å². The molecule has 104 valence electrons. The van der Waals surface area contributed by atoms with Crippen molar-refractivity contribution in [2.24, 2.45) is 0 Å². The zero-order valence-electron chi connectivity index (χ0n) is 10.7. The average molecular weight is 310 g/mol. The Balaban J connectivity index is 1.90. The first-order valence-corrected chi connectivity index (χ1v) is 7.26. The first-order chi connectivity index (χ1) is 9.66. The van der Waals surface area contributed by atoms with E-state index >= 15 is 0 Å². The monoisotopic (exact) mass is 309 g/mol. The molecule has 0 saturated carbocycles. The summed E-state index contributed by atoms with van der Waals surface area (Å²) in [4.78, 5) is 14.0. The largest absolute Gasteiger partial charge is 0.451 e. The number of rotatable bonds is 2. The number of carbonyl (C=O) groups excluding carboxylic acids is 1. The van der Waals surface area contributed by atoms with Crippen LogP contribution in [0.5, 0.6) is 0 Å². The molecule has 0 N–H and O–H groups in total. The Kier molecular flexibility index (Phi) is 3.72. The number of benzene rings is 1. The number of hydrogen-bond donors (Lipinski definition) is 0. The predicted octanol–water partition coefficient (Wildman–Crippen LogP) is 4.49. The molecule has 1 amide bonds. The van der Waals surface area contributed by atoms with E-state index in [1.54, 1.807) is 24.3 Å². The van der Waals surface area contributed by atoms with Crippen LogP contribution in [0, 0.1) is 0 Å². The molecule has 3 nitrogen and oxygen atoms in total. The van der Waals surface area contributed by atoms with E-state index < -0.39 is 0 Å². The summed E-state index contributed by atoms with van der Waals surface area (Å²) in [5.41, 5.74) is 0.694. The third kappa shape index (κ3) is 2.43. The van der Waals surface area contributed by atoms with Crippen LogP contribution in [0.15, 0.2) is 34.7 Å². The van der Waals surface area contributed by atoms with E-state index in [0.717, 1.165) is 25.9 Å². The molecule has 5 heteroatoms. The van der Waals surface area contributed by atoms with E-state index in [1.807, 2.05) is 11.0 Å². The quantitative estimate of drug-likeness (QED) is 0.819. The lowest BCUT2D eigenvalue weighted by atomic mass is 10.2. The first kappa shape index (κ1) is 13.5. The molecular formula is C15H13Cl2NO2. The second-order valence-electron chi connectivity index (χ2n) is 4.76. The van der Waals surface area contributed by atoms with Gasteiger partial charge in [0.1, 0.15) is 5.76 Å².